The lowest BCUT2D eigenvalue weighted by Gasteiger charge is -2.29. The molecule has 1 aliphatic rings. The number of piperidine rings is 1. The molecule has 0 saturated carbocycles. The van der Waals surface area contributed by atoms with Crippen LogP contribution in [0.5, 0.6) is 5.88 Å². The molecule has 2 heterocycles. The Bertz CT molecular complexity index is 359. The van der Waals surface area contributed by atoms with E-state index in [4.69, 9.17) is 10.5 Å². The van der Waals surface area contributed by atoms with Gasteiger partial charge in [-0.3, -0.25) is 0 Å². The van der Waals surface area contributed by atoms with E-state index < -0.39 is 0 Å². The van der Waals surface area contributed by atoms with E-state index in [1.54, 1.807) is 6.20 Å². The Hall–Kier alpha value is -1.13. The minimum absolute atomic E-state index is 0.0258. The molecule has 1 atom stereocenters. The van der Waals surface area contributed by atoms with Gasteiger partial charge < -0.3 is 15.4 Å². The van der Waals surface area contributed by atoms with Gasteiger partial charge in [0.25, 0.3) is 0 Å². The number of nitrogens with zero attached hydrogens (tertiary/aromatic N) is 2. The number of pyridine rings is 1. The fourth-order valence-electron chi connectivity index (χ4n) is 2.05. The first kappa shape index (κ1) is 12.3. The molecule has 0 radical (unpaired) electrons. The molecule has 1 aromatic rings. The van der Waals surface area contributed by atoms with Crippen LogP contribution < -0.4 is 10.5 Å². The maximum absolute atomic E-state index is 5.90. The highest BCUT2D eigenvalue weighted by molar-refractivity contribution is 5.23. The van der Waals surface area contributed by atoms with Crippen LogP contribution in [-0.2, 0) is 0 Å². The zero-order valence-corrected chi connectivity index (χ0v) is 10.6. The second-order valence-corrected chi connectivity index (χ2v) is 4.84. The first-order valence-electron chi connectivity index (χ1n) is 6.22. The molecule has 1 saturated heterocycles. The largest absolute Gasteiger partial charge is 0.474 e. The van der Waals surface area contributed by atoms with Gasteiger partial charge in [0.1, 0.15) is 6.10 Å². The SMILES string of the molecule is C[C@@H](N)c1ccnc(OC2CCN(C)CC2)c1. The van der Waals surface area contributed by atoms with Gasteiger partial charge in [0, 0.05) is 31.4 Å². The predicted molar refractivity (Wildman–Crippen MR) is 68.0 cm³/mol. The van der Waals surface area contributed by atoms with Crippen LogP contribution in [0.4, 0.5) is 0 Å². The summed E-state index contributed by atoms with van der Waals surface area (Å²) in [6, 6.07) is 3.91. The lowest BCUT2D eigenvalue weighted by atomic mass is 10.1. The molecule has 0 aliphatic carbocycles. The standard InChI is InChI=1S/C13H21N3O/c1-10(14)11-3-6-15-13(9-11)17-12-4-7-16(2)8-5-12/h3,6,9-10,12H,4-5,7-8,14H2,1-2H3/t10-/m1/s1. The summed E-state index contributed by atoms with van der Waals surface area (Å²) in [7, 11) is 2.14. The molecule has 0 unspecified atom stereocenters. The van der Waals surface area contributed by atoms with Gasteiger partial charge in [-0.05, 0) is 38.4 Å². The molecule has 17 heavy (non-hydrogen) atoms. The van der Waals surface area contributed by atoms with E-state index in [0.29, 0.717) is 12.0 Å². The van der Waals surface area contributed by atoms with Crippen LogP contribution in [-0.4, -0.2) is 36.1 Å². The summed E-state index contributed by atoms with van der Waals surface area (Å²) in [5.74, 6) is 0.703. The zero-order chi connectivity index (χ0) is 12.3. The summed E-state index contributed by atoms with van der Waals surface area (Å²) in [6.07, 6.45) is 4.20. The molecular formula is C13H21N3O. The van der Waals surface area contributed by atoms with Crippen molar-refractivity contribution >= 4 is 0 Å². The molecular weight excluding hydrogens is 214 g/mol. The van der Waals surface area contributed by atoms with E-state index in [0.717, 1.165) is 31.5 Å². The second-order valence-electron chi connectivity index (χ2n) is 4.84. The minimum atomic E-state index is 0.0258. The molecule has 4 nitrogen and oxygen atoms in total. The molecule has 0 spiro atoms. The maximum atomic E-state index is 5.90. The van der Waals surface area contributed by atoms with E-state index >= 15 is 0 Å². The van der Waals surface area contributed by atoms with Crippen molar-refractivity contribution in [2.24, 2.45) is 5.73 Å². The van der Waals surface area contributed by atoms with Crippen molar-refractivity contribution in [1.29, 1.82) is 0 Å². The van der Waals surface area contributed by atoms with Crippen molar-refractivity contribution in [3.8, 4) is 5.88 Å². The van der Waals surface area contributed by atoms with Gasteiger partial charge in [0.2, 0.25) is 5.88 Å². The van der Waals surface area contributed by atoms with Crippen molar-refractivity contribution in [1.82, 2.24) is 9.88 Å². The molecule has 1 aliphatic heterocycles. The highest BCUT2D eigenvalue weighted by atomic mass is 16.5. The molecule has 4 heteroatoms. The van der Waals surface area contributed by atoms with Crippen LogP contribution >= 0.6 is 0 Å². The number of ether oxygens (including phenoxy) is 1. The molecule has 1 fully saturated rings. The number of aromatic nitrogens is 1. The Morgan fingerprint density at radius 1 is 1.47 bits per heavy atom. The van der Waals surface area contributed by atoms with E-state index in [9.17, 15) is 0 Å². The molecule has 0 bridgehead atoms. The third-order valence-electron chi connectivity index (χ3n) is 3.24. The zero-order valence-electron chi connectivity index (χ0n) is 10.6. The van der Waals surface area contributed by atoms with Crippen LogP contribution in [0.15, 0.2) is 18.3 Å². The average molecular weight is 235 g/mol. The molecule has 2 N–H and O–H groups in total. The lowest BCUT2D eigenvalue weighted by molar-refractivity contribution is 0.110. The lowest BCUT2D eigenvalue weighted by Crippen LogP contribution is -2.35. The van der Waals surface area contributed by atoms with Crippen LogP contribution in [0.3, 0.4) is 0 Å². The van der Waals surface area contributed by atoms with Crippen LogP contribution in [0, 0.1) is 0 Å². The topological polar surface area (TPSA) is 51.4 Å². The number of hydrogen-bond donors (Lipinski definition) is 1. The van der Waals surface area contributed by atoms with Crippen molar-refractivity contribution in [3.05, 3.63) is 23.9 Å². The van der Waals surface area contributed by atoms with E-state index in [-0.39, 0.29) is 6.04 Å². The fourth-order valence-corrected chi connectivity index (χ4v) is 2.05. The molecule has 1 aromatic heterocycles. The smallest absolute Gasteiger partial charge is 0.213 e. The summed E-state index contributed by atoms with van der Waals surface area (Å²) in [5, 5.41) is 0. The van der Waals surface area contributed by atoms with Gasteiger partial charge in [-0.1, -0.05) is 0 Å². The quantitative estimate of drug-likeness (QED) is 0.864. The van der Waals surface area contributed by atoms with E-state index in [1.165, 1.54) is 0 Å². The average Bonchev–Trinajstić information content (AvgIpc) is 2.32. The van der Waals surface area contributed by atoms with Crippen molar-refractivity contribution < 1.29 is 4.74 Å². The van der Waals surface area contributed by atoms with Gasteiger partial charge in [0.15, 0.2) is 0 Å². The maximum Gasteiger partial charge on any atom is 0.213 e. The Kier molecular flexibility index (Phi) is 3.97. The van der Waals surface area contributed by atoms with Crippen LogP contribution in [0.2, 0.25) is 0 Å². The molecule has 0 aromatic carbocycles. The predicted octanol–water partition coefficient (Wildman–Crippen LogP) is 1.57. The number of nitrogens with two attached hydrogens (primary N) is 1. The van der Waals surface area contributed by atoms with Gasteiger partial charge in [-0.2, -0.15) is 0 Å². The fraction of sp³-hybridized carbons (Fsp3) is 0.615. The summed E-state index contributed by atoms with van der Waals surface area (Å²) in [4.78, 5) is 6.57. The third-order valence-corrected chi connectivity index (χ3v) is 3.24. The summed E-state index contributed by atoms with van der Waals surface area (Å²) >= 11 is 0. The highest BCUT2D eigenvalue weighted by Crippen LogP contribution is 2.19. The number of hydrogen-bond acceptors (Lipinski definition) is 4. The summed E-state index contributed by atoms with van der Waals surface area (Å²) in [5.41, 5.74) is 6.92. The minimum Gasteiger partial charge on any atom is -0.474 e. The first-order valence-corrected chi connectivity index (χ1v) is 6.22. The summed E-state index contributed by atoms with van der Waals surface area (Å²) in [6.45, 7) is 4.16. The first-order chi connectivity index (χ1) is 8.15. The Labute approximate surface area is 103 Å². The Morgan fingerprint density at radius 3 is 2.82 bits per heavy atom. The second kappa shape index (κ2) is 5.47. The molecule has 2 rings (SSSR count). The van der Waals surface area contributed by atoms with Gasteiger partial charge >= 0.3 is 0 Å². The summed E-state index contributed by atoms with van der Waals surface area (Å²) < 4.78 is 5.90. The van der Waals surface area contributed by atoms with Crippen LogP contribution in [0.25, 0.3) is 0 Å². The van der Waals surface area contributed by atoms with Gasteiger partial charge in [-0.25, -0.2) is 4.98 Å². The normalized spacial score (nSPS) is 20.2. The van der Waals surface area contributed by atoms with E-state index in [2.05, 4.69) is 16.9 Å². The van der Waals surface area contributed by atoms with E-state index in [1.807, 2.05) is 19.1 Å². The monoisotopic (exact) mass is 235 g/mol. The Morgan fingerprint density at radius 2 is 2.18 bits per heavy atom. The van der Waals surface area contributed by atoms with Crippen molar-refractivity contribution in [3.63, 3.8) is 0 Å². The van der Waals surface area contributed by atoms with Crippen LogP contribution in [0.1, 0.15) is 31.4 Å². The highest BCUT2D eigenvalue weighted by Gasteiger charge is 2.18. The van der Waals surface area contributed by atoms with Gasteiger partial charge in [0.05, 0.1) is 0 Å². The molecule has 0 amide bonds. The molecule has 94 valence electrons. The van der Waals surface area contributed by atoms with Gasteiger partial charge in [-0.15, -0.1) is 0 Å². The third kappa shape index (κ3) is 3.41. The van der Waals surface area contributed by atoms with Crippen molar-refractivity contribution in [2.75, 3.05) is 20.1 Å². The number of rotatable bonds is 3. The Balaban J connectivity index is 1.96. The van der Waals surface area contributed by atoms with Crippen molar-refractivity contribution in [2.45, 2.75) is 31.9 Å². The number of likely N-dealkylation sites (tertiary alicyclic amines) is 1.